The maximum absolute atomic E-state index is 13.1. The quantitative estimate of drug-likeness (QED) is 0.865. The molecule has 23 heavy (non-hydrogen) atoms. The summed E-state index contributed by atoms with van der Waals surface area (Å²) in [6.45, 7) is 0.666. The van der Waals surface area contributed by atoms with Crippen LogP contribution < -0.4 is 10.5 Å². The van der Waals surface area contributed by atoms with Crippen LogP contribution in [-0.4, -0.2) is 20.2 Å². The highest BCUT2D eigenvalue weighted by Crippen LogP contribution is 2.45. The fraction of sp³-hybridized carbons (Fsp3) is 0.375. The minimum absolute atomic E-state index is 0.380. The van der Waals surface area contributed by atoms with Gasteiger partial charge in [-0.1, -0.05) is 18.2 Å². The van der Waals surface area contributed by atoms with Crippen LogP contribution >= 0.6 is 0 Å². The van der Waals surface area contributed by atoms with Crippen LogP contribution in [0.15, 0.2) is 42.0 Å². The summed E-state index contributed by atoms with van der Waals surface area (Å²) in [4.78, 5) is 0. The highest BCUT2D eigenvalue weighted by molar-refractivity contribution is 7.89. The summed E-state index contributed by atoms with van der Waals surface area (Å²) in [6, 6.07) is 3.75. The summed E-state index contributed by atoms with van der Waals surface area (Å²) in [6.07, 6.45) is 6.80. The molecule has 3 rings (SSSR count). The molecule has 0 amide bonds. The van der Waals surface area contributed by atoms with E-state index in [-0.39, 0.29) is 0 Å². The summed E-state index contributed by atoms with van der Waals surface area (Å²) in [5, 5.41) is 7.60. The van der Waals surface area contributed by atoms with Crippen LogP contribution in [0, 0.1) is 23.5 Å². The molecule has 0 radical (unpaired) electrons. The van der Waals surface area contributed by atoms with Gasteiger partial charge in [-0.25, -0.2) is 22.3 Å². The van der Waals surface area contributed by atoms with Crippen molar-refractivity contribution in [1.29, 1.82) is 0 Å². The van der Waals surface area contributed by atoms with E-state index >= 15 is 0 Å². The zero-order valence-corrected chi connectivity index (χ0v) is 13.2. The molecule has 0 aromatic heterocycles. The fourth-order valence-corrected chi connectivity index (χ4v) is 3.53. The summed E-state index contributed by atoms with van der Waals surface area (Å²) in [5.41, 5.74) is 1.68. The highest BCUT2D eigenvalue weighted by atomic mass is 32.2. The number of rotatable bonds is 5. The number of primary sulfonamides is 1. The highest BCUT2D eigenvalue weighted by Gasteiger charge is 2.39. The SMILES string of the molecule is NS(=O)(=O)C1C=CC(C2CC2CNc2ccc(F)c(F)c2)=CC1. The maximum Gasteiger partial charge on any atom is 0.215 e. The molecule has 4 nitrogen and oxygen atoms in total. The standard InChI is InChI=1S/C16H18F2N2O2S/c17-15-6-3-12(8-16(15)18)20-9-11-7-14(11)10-1-4-13(5-2-10)23(19,21)22/h1-4,6,8,11,13-14,20H,5,7,9H2,(H2,19,21,22). The molecule has 1 saturated carbocycles. The third-order valence-electron chi connectivity index (χ3n) is 4.35. The monoisotopic (exact) mass is 340 g/mol. The predicted octanol–water partition coefficient (Wildman–Crippen LogP) is 2.56. The summed E-state index contributed by atoms with van der Waals surface area (Å²) >= 11 is 0. The van der Waals surface area contributed by atoms with Crippen LogP contribution in [0.1, 0.15) is 12.8 Å². The first-order valence-corrected chi connectivity index (χ1v) is 9.04. The lowest BCUT2D eigenvalue weighted by atomic mass is 10.0. The number of sulfonamides is 1. The van der Waals surface area contributed by atoms with Gasteiger partial charge in [-0.2, -0.15) is 0 Å². The molecular weight excluding hydrogens is 322 g/mol. The third kappa shape index (κ3) is 3.79. The summed E-state index contributed by atoms with van der Waals surface area (Å²) in [7, 11) is -3.53. The Hall–Kier alpha value is -1.73. The van der Waals surface area contributed by atoms with E-state index in [4.69, 9.17) is 5.14 Å². The number of hydrogen-bond acceptors (Lipinski definition) is 3. The lowest BCUT2D eigenvalue weighted by Crippen LogP contribution is -2.27. The molecular formula is C16H18F2N2O2S. The number of allylic oxidation sites excluding steroid dienone is 3. The second-order valence-corrected chi connectivity index (χ2v) is 7.82. The van der Waals surface area contributed by atoms with Gasteiger partial charge in [0.2, 0.25) is 10.0 Å². The van der Waals surface area contributed by atoms with Gasteiger partial charge in [0.15, 0.2) is 11.6 Å². The number of nitrogens with two attached hydrogens (primary N) is 1. The van der Waals surface area contributed by atoms with E-state index in [0.29, 0.717) is 30.5 Å². The van der Waals surface area contributed by atoms with Gasteiger partial charge in [-0.15, -0.1) is 0 Å². The van der Waals surface area contributed by atoms with Crippen molar-refractivity contribution in [3.63, 3.8) is 0 Å². The number of hydrogen-bond donors (Lipinski definition) is 2. The van der Waals surface area contributed by atoms with Gasteiger partial charge in [0, 0.05) is 12.2 Å². The van der Waals surface area contributed by atoms with Gasteiger partial charge in [0.05, 0.1) is 5.25 Å². The molecule has 2 aliphatic rings. The Bertz CT molecular complexity index is 774. The van der Waals surface area contributed by atoms with E-state index in [1.807, 2.05) is 12.2 Å². The smallest absolute Gasteiger partial charge is 0.215 e. The van der Waals surface area contributed by atoms with Gasteiger partial charge < -0.3 is 5.32 Å². The van der Waals surface area contributed by atoms with Gasteiger partial charge >= 0.3 is 0 Å². The van der Waals surface area contributed by atoms with E-state index in [9.17, 15) is 17.2 Å². The minimum atomic E-state index is -3.53. The Balaban J connectivity index is 1.52. The van der Waals surface area contributed by atoms with Gasteiger partial charge in [-0.05, 0) is 48.4 Å². The number of anilines is 1. The Kier molecular flexibility index (Phi) is 4.25. The van der Waals surface area contributed by atoms with Crippen molar-refractivity contribution in [3.05, 3.63) is 53.6 Å². The fourth-order valence-electron chi connectivity index (χ4n) is 2.87. The molecule has 2 aliphatic carbocycles. The van der Waals surface area contributed by atoms with Crippen molar-refractivity contribution in [1.82, 2.24) is 0 Å². The Labute approximate surface area is 134 Å². The molecule has 1 fully saturated rings. The van der Waals surface area contributed by atoms with E-state index in [1.165, 1.54) is 6.07 Å². The zero-order valence-electron chi connectivity index (χ0n) is 12.4. The topological polar surface area (TPSA) is 72.2 Å². The summed E-state index contributed by atoms with van der Waals surface area (Å²) < 4.78 is 48.6. The normalized spacial score (nSPS) is 26.7. The van der Waals surface area contributed by atoms with Crippen molar-refractivity contribution >= 4 is 15.7 Å². The second-order valence-electron chi connectivity index (χ2n) is 6.04. The predicted molar refractivity (Wildman–Crippen MR) is 85.2 cm³/mol. The number of benzene rings is 1. The molecule has 3 N–H and O–H groups in total. The van der Waals surface area contributed by atoms with Gasteiger partial charge in [0.25, 0.3) is 0 Å². The van der Waals surface area contributed by atoms with Crippen LogP contribution in [0.25, 0.3) is 0 Å². The molecule has 124 valence electrons. The van der Waals surface area contributed by atoms with Crippen LogP contribution in [0.2, 0.25) is 0 Å². The van der Waals surface area contributed by atoms with Gasteiger partial charge in [-0.3, -0.25) is 0 Å². The molecule has 0 bridgehead atoms. The van der Waals surface area contributed by atoms with E-state index in [2.05, 4.69) is 5.32 Å². The molecule has 0 spiro atoms. The molecule has 0 heterocycles. The molecule has 1 aromatic carbocycles. The van der Waals surface area contributed by atoms with E-state index < -0.39 is 26.9 Å². The third-order valence-corrected chi connectivity index (χ3v) is 5.54. The van der Waals surface area contributed by atoms with Crippen molar-refractivity contribution in [2.45, 2.75) is 18.1 Å². The van der Waals surface area contributed by atoms with Crippen molar-refractivity contribution in [2.24, 2.45) is 17.0 Å². The molecule has 0 saturated heterocycles. The average molecular weight is 340 g/mol. The first-order chi connectivity index (χ1) is 10.8. The Morgan fingerprint density at radius 1 is 1.26 bits per heavy atom. The summed E-state index contributed by atoms with van der Waals surface area (Å²) in [5.74, 6) is -0.938. The number of nitrogens with one attached hydrogen (secondary N) is 1. The second kappa shape index (κ2) is 6.05. The maximum atomic E-state index is 13.1. The van der Waals surface area contributed by atoms with Crippen LogP contribution in [0.3, 0.4) is 0 Å². The largest absolute Gasteiger partial charge is 0.385 e. The van der Waals surface area contributed by atoms with Crippen LogP contribution in [-0.2, 0) is 10.0 Å². The minimum Gasteiger partial charge on any atom is -0.385 e. The van der Waals surface area contributed by atoms with E-state index in [0.717, 1.165) is 24.1 Å². The lowest BCUT2D eigenvalue weighted by molar-refractivity contribution is 0.509. The molecule has 0 aliphatic heterocycles. The van der Waals surface area contributed by atoms with Gasteiger partial charge in [0.1, 0.15) is 0 Å². The molecule has 1 aromatic rings. The first-order valence-electron chi connectivity index (χ1n) is 7.43. The number of halogens is 2. The van der Waals surface area contributed by atoms with Crippen molar-refractivity contribution in [2.75, 3.05) is 11.9 Å². The first kappa shape index (κ1) is 16.1. The molecule has 3 unspecified atom stereocenters. The molecule has 3 atom stereocenters. The Morgan fingerprint density at radius 3 is 2.65 bits per heavy atom. The van der Waals surface area contributed by atoms with Crippen molar-refractivity contribution < 1.29 is 17.2 Å². The lowest BCUT2D eigenvalue weighted by Gasteiger charge is -2.14. The van der Waals surface area contributed by atoms with Crippen LogP contribution in [0.5, 0.6) is 0 Å². The van der Waals surface area contributed by atoms with E-state index in [1.54, 1.807) is 6.08 Å². The Morgan fingerprint density at radius 2 is 2.04 bits per heavy atom. The zero-order chi connectivity index (χ0) is 16.6. The average Bonchev–Trinajstić information content (AvgIpc) is 3.27. The van der Waals surface area contributed by atoms with Crippen molar-refractivity contribution in [3.8, 4) is 0 Å². The van der Waals surface area contributed by atoms with Crippen LogP contribution in [0.4, 0.5) is 14.5 Å². The molecule has 7 heteroatoms.